The first-order chi connectivity index (χ1) is 14.2. The maximum absolute atomic E-state index is 13.6. The maximum atomic E-state index is 13.6. The van der Waals surface area contributed by atoms with Gasteiger partial charge in [-0.2, -0.15) is 0 Å². The summed E-state index contributed by atoms with van der Waals surface area (Å²) in [5, 5.41) is 0.490. The first-order valence-corrected chi connectivity index (χ1v) is 12.0. The maximum Gasteiger partial charge on any atom is 0.260 e. The van der Waals surface area contributed by atoms with Crippen molar-refractivity contribution in [3.63, 3.8) is 0 Å². The number of hydrogen-bond acceptors (Lipinski definition) is 6. The molecule has 2 aromatic carbocycles. The van der Waals surface area contributed by atoms with Crippen LogP contribution in [-0.2, 0) is 9.84 Å². The van der Waals surface area contributed by atoms with Gasteiger partial charge >= 0.3 is 0 Å². The molecule has 1 aromatic heterocycles. The van der Waals surface area contributed by atoms with E-state index in [2.05, 4.69) is 4.98 Å². The van der Waals surface area contributed by atoms with Gasteiger partial charge in [-0.25, -0.2) is 17.8 Å². The Bertz CT molecular complexity index is 1150. The lowest BCUT2D eigenvalue weighted by Crippen LogP contribution is -2.33. The number of halogens is 2. The number of anilines is 1. The number of carbonyl (C=O) groups excluding carboxylic acids is 1. The summed E-state index contributed by atoms with van der Waals surface area (Å²) in [7, 11) is 0.581. The smallest absolute Gasteiger partial charge is 0.260 e. The summed E-state index contributed by atoms with van der Waals surface area (Å²) in [6, 6.07) is 10.3. The van der Waals surface area contributed by atoms with Crippen molar-refractivity contribution in [1.29, 1.82) is 0 Å². The van der Waals surface area contributed by atoms with Crippen LogP contribution in [0.15, 0.2) is 47.4 Å². The molecule has 0 bridgehead atoms. The normalized spacial score (nSPS) is 11.5. The SMILES string of the molecule is CCS(=O)(=O)c1ccc(C(=O)N(CCCN(C)C)c2nc3ccc(F)cc3s2)cc1.Cl. The van der Waals surface area contributed by atoms with Gasteiger partial charge in [0.15, 0.2) is 15.0 Å². The minimum Gasteiger partial charge on any atom is -0.309 e. The van der Waals surface area contributed by atoms with Crippen molar-refractivity contribution in [2.24, 2.45) is 0 Å². The molecule has 0 saturated heterocycles. The third-order valence-corrected chi connectivity index (χ3v) is 7.43. The lowest BCUT2D eigenvalue weighted by atomic mass is 10.2. The lowest BCUT2D eigenvalue weighted by molar-refractivity contribution is 0.0986. The molecule has 0 unspecified atom stereocenters. The van der Waals surface area contributed by atoms with Crippen molar-refractivity contribution < 1.29 is 17.6 Å². The molecule has 0 N–H and O–H groups in total. The van der Waals surface area contributed by atoms with Gasteiger partial charge in [0, 0.05) is 12.1 Å². The van der Waals surface area contributed by atoms with Gasteiger partial charge in [0.2, 0.25) is 0 Å². The number of thiazole rings is 1. The van der Waals surface area contributed by atoms with Crippen molar-refractivity contribution >= 4 is 54.8 Å². The molecule has 10 heteroatoms. The second-order valence-corrected chi connectivity index (χ2v) is 10.4. The molecule has 168 valence electrons. The van der Waals surface area contributed by atoms with E-state index < -0.39 is 9.84 Å². The number of rotatable bonds is 8. The molecular formula is C21H25ClFN3O3S2. The van der Waals surface area contributed by atoms with Crippen molar-refractivity contribution in [2.75, 3.05) is 37.8 Å². The number of hydrogen-bond donors (Lipinski definition) is 0. The van der Waals surface area contributed by atoms with Crippen LogP contribution in [0.1, 0.15) is 23.7 Å². The highest BCUT2D eigenvalue weighted by Gasteiger charge is 2.22. The molecule has 0 fully saturated rings. The average Bonchev–Trinajstić information content (AvgIpc) is 3.13. The van der Waals surface area contributed by atoms with Crippen LogP contribution in [0.3, 0.4) is 0 Å². The van der Waals surface area contributed by atoms with Gasteiger partial charge in [-0.3, -0.25) is 9.69 Å². The molecule has 0 aliphatic rings. The van der Waals surface area contributed by atoms with Crippen LogP contribution in [0.25, 0.3) is 10.2 Å². The summed E-state index contributed by atoms with van der Waals surface area (Å²) in [4.78, 5) is 21.6. The van der Waals surface area contributed by atoms with E-state index in [9.17, 15) is 17.6 Å². The second kappa shape index (κ2) is 10.5. The molecule has 0 saturated carbocycles. The number of carbonyl (C=O) groups is 1. The van der Waals surface area contributed by atoms with Crippen molar-refractivity contribution in [3.05, 3.63) is 53.8 Å². The molecule has 0 aliphatic heterocycles. The van der Waals surface area contributed by atoms with Gasteiger partial charge in [-0.05, 0) is 69.5 Å². The Balaban J connectivity index is 0.00000341. The number of fused-ring (bicyclic) bond motifs is 1. The van der Waals surface area contributed by atoms with E-state index in [4.69, 9.17) is 0 Å². The number of nitrogens with zero attached hydrogens (tertiary/aromatic N) is 3. The quantitative estimate of drug-likeness (QED) is 0.477. The molecular weight excluding hydrogens is 461 g/mol. The highest BCUT2D eigenvalue weighted by Crippen LogP contribution is 2.30. The van der Waals surface area contributed by atoms with Gasteiger partial charge < -0.3 is 4.90 Å². The molecule has 0 radical (unpaired) electrons. The zero-order valence-corrected chi connectivity index (χ0v) is 20.0. The van der Waals surface area contributed by atoms with Crippen LogP contribution in [-0.4, -0.2) is 57.1 Å². The van der Waals surface area contributed by atoms with E-state index in [0.29, 0.717) is 27.5 Å². The fourth-order valence-corrected chi connectivity index (χ4v) is 4.86. The minimum atomic E-state index is -3.33. The third kappa shape index (κ3) is 6.00. The summed E-state index contributed by atoms with van der Waals surface area (Å²) >= 11 is 1.26. The van der Waals surface area contributed by atoms with Crippen LogP contribution < -0.4 is 4.90 Å². The van der Waals surface area contributed by atoms with Gasteiger partial charge in [-0.15, -0.1) is 12.4 Å². The summed E-state index contributed by atoms with van der Waals surface area (Å²) in [6.07, 6.45) is 0.728. The Morgan fingerprint density at radius 3 is 2.39 bits per heavy atom. The Labute approximate surface area is 192 Å². The van der Waals surface area contributed by atoms with Gasteiger partial charge in [0.25, 0.3) is 5.91 Å². The van der Waals surface area contributed by atoms with Gasteiger partial charge in [-0.1, -0.05) is 18.3 Å². The van der Waals surface area contributed by atoms with Crippen molar-refractivity contribution in [2.45, 2.75) is 18.2 Å². The zero-order chi connectivity index (χ0) is 21.9. The molecule has 0 atom stereocenters. The number of amides is 1. The molecule has 31 heavy (non-hydrogen) atoms. The average molecular weight is 486 g/mol. The standard InChI is InChI=1S/C21H24FN3O3S2.ClH/c1-4-30(27,28)17-9-6-15(7-10-17)20(26)25(13-5-12-24(2)3)21-23-18-11-8-16(22)14-19(18)29-21;/h6-11,14H,4-5,12-13H2,1-3H3;1H. The third-order valence-electron chi connectivity index (χ3n) is 4.64. The summed E-state index contributed by atoms with van der Waals surface area (Å²) < 4.78 is 38.3. The van der Waals surface area contributed by atoms with Crippen LogP contribution >= 0.6 is 23.7 Å². The van der Waals surface area contributed by atoms with E-state index >= 15 is 0 Å². The number of aromatic nitrogens is 1. The fraction of sp³-hybridized carbons (Fsp3) is 0.333. The Kier molecular flexibility index (Phi) is 8.53. The summed E-state index contributed by atoms with van der Waals surface area (Å²) in [5.41, 5.74) is 1.01. The molecule has 1 heterocycles. The van der Waals surface area contributed by atoms with E-state index in [1.165, 1.54) is 47.7 Å². The Morgan fingerprint density at radius 2 is 1.77 bits per heavy atom. The fourth-order valence-electron chi connectivity index (χ4n) is 2.96. The van der Waals surface area contributed by atoms with E-state index in [0.717, 1.165) is 13.0 Å². The van der Waals surface area contributed by atoms with Crippen LogP contribution in [0.2, 0.25) is 0 Å². The first-order valence-electron chi connectivity index (χ1n) is 9.57. The number of benzene rings is 2. The Hall–Kier alpha value is -2.07. The van der Waals surface area contributed by atoms with E-state index in [1.807, 2.05) is 19.0 Å². The monoisotopic (exact) mass is 485 g/mol. The lowest BCUT2D eigenvalue weighted by Gasteiger charge is -2.21. The molecule has 3 aromatic rings. The largest absolute Gasteiger partial charge is 0.309 e. The first kappa shape index (κ1) is 25.2. The molecule has 6 nitrogen and oxygen atoms in total. The summed E-state index contributed by atoms with van der Waals surface area (Å²) in [5.74, 6) is -0.621. The highest BCUT2D eigenvalue weighted by molar-refractivity contribution is 7.91. The predicted molar refractivity (Wildman–Crippen MR) is 126 cm³/mol. The molecule has 0 aliphatic carbocycles. The van der Waals surface area contributed by atoms with Crippen molar-refractivity contribution in [1.82, 2.24) is 9.88 Å². The van der Waals surface area contributed by atoms with Crippen molar-refractivity contribution in [3.8, 4) is 0 Å². The summed E-state index contributed by atoms with van der Waals surface area (Å²) in [6.45, 7) is 2.81. The zero-order valence-electron chi connectivity index (χ0n) is 17.5. The highest BCUT2D eigenvalue weighted by atomic mass is 35.5. The van der Waals surface area contributed by atoms with Crippen LogP contribution in [0, 0.1) is 5.82 Å². The predicted octanol–water partition coefficient (Wildman–Crippen LogP) is 4.25. The van der Waals surface area contributed by atoms with Gasteiger partial charge in [0.05, 0.1) is 20.9 Å². The number of sulfone groups is 1. The minimum absolute atomic E-state index is 0. The topological polar surface area (TPSA) is 70.6 Å². The van der Waals surface area contributed by atoms with Crippen LogP contribution in [0.4, 0.5) is 9.52 Å². The molecule has 1 amide bonds. The Morgan fingerprint density at radius 1 is 1.10 bits per heavy atom. The van der Waals surface area contributed by atoms with Gasteiger partial charge in [0.1, 0.15) is 5.82 Å². The molecule has 3 rings (SSSR count). The van der Waals surface area contributed by atoms with E-state index in [1.54, 1.807) is 17.9 Å². The van der Waals surface area contributed by atoms with E-state index in [-0.39, 0.29) is 34.8 Å². The second-order valence-electron chi connectivity index (χ2n) is 7.15. The molecule has 0 spiro atoms. The van der Waals surface area contributed by atoms with Crippen LogP contribution in [0.5, 0.6) is 0 Å².